The Bertz CT molecular complexity index is 350. The molecule has 2 rings (SSSR count). The maximum Gasteiger partial charge on any atom is 0.147 e. The number of hydrogen-bond acceptors (Lipinski definition) is 3. The molecule has 1 aromatic rings. The second kappa shape index (κ2) is 5.00. The molecule has 1 aromatic heterocycles. The van der Waals surface area contributed by atoms with Crippen LogP contribution in [-0.4, -0.2) is 22.6 Å². The molecule has 0 aliphatic heterocycles. The van der Waals surface area contributed by atoms with E-state index in [-0.39, 0.29) is 0 Å². The topological polar surface area (TPSA) is 29.0 Å². The average molecular weight is 240 g/mol. The monoisotopic (exact) mass is 239 g/mol. The molecule has 0 atom stereocenters. The maximum absolute atomic E-state index is 5.78. The fourth-order valence-corrected chi connectivity index (χ4v) is 1.94. The molecule has 3 nitrogen and oxygen atoms in total. The van der Waals surface area contributed by atoms with Crippen LogP contribution < -0.4 is 4.90 Å². The molecular formula is C12H18ClN3. The average Bonchev–Trinajstić information content (AvgIpc) is 3.09. The summed E-state index contributed by atoms with van der Waals surface area (Å²) in [5, 5.41) is 0. The minimum atomic E-state index is 0.432. The molecule has 0 spiro atoms. The van der Waals surface area contributed by atoms with Crippen molar-refractivity contribution in [2.24, 2.45) is 5.92 Å². The zero-order valence-electron chi connectivity index (χ0n) is 9.86. The standard InChI is InChI=1S/C12H18ClN3/c1-9(2)8-16(11-3-4-11)12-7-14-6-10(5-13)15-12/h6-7,9,11H,3-5,8H2,1-2H3. The lowest BCUT2D eigenvalue weighted by Gasteiger charge is -2.25. The molecular weight excluding hydrogens is 222 g/mol. The minimum absolute atomic E-state index is 0.432. The first-order valence-corrected chi connectivity index (χ1v) is 6.37. The number of anilines is 1. The number of halogens is 1. The van der Waals surface area contributed by atoms with Crippen LogP contribution in [0, 0.1) is 5.92 Å². The number of rotatable bonds is 5. The Kier molecular flexibility index (Phi) is 3.64. The number of hydrogen-bond donors (Lipinski definition) is 0. The molecule has 0 bridgehead atoms. The van der Waals surface area contributed by atoms with Crippen LogP contribution in [0.25, 0.3) is 0 Å². The highest BCUT2D eigenvalue weighted by Crippen LogP contribution is 2.31. The van der Waals surface area contributed by atoms with Crippen LogP contribution in [0.15, 0.2) is 12.4 Å². The molecule has 0 saturated heterocycles. The second-order valence-electron chi connectivity index (χ2n) is 4.78. The Labute approximate surface area is 102 Å². The summed E-state index contributed by atoms with van der Waals surface area (Å²) in [7, 11) is 0. The van der Waals surface area contributed by atoms with E-state index in [1.807, 2.05) is 6.20 Å². The molecule has 1 heterocycles. The highest BCUT2D eigenvalue weighted by atomic mass is 35.5. The van der Waals surface area contributed by atoms with E-state index in [0.717, 1.165) is 18.1 Å². The van der Waals surface area contributed by atoms with E-state index in [1.54, 1.807) is 6.20 Å². The number of aromatic nitrogens is 2. The van der Waals surface area contributed by atoms with Crippen molar-refractivity contribution in [3.63, 3.8) is 0 Å². The van der Waals surface area contributed by atoms with Crippen molar-refractivity contribution in [1.82, 2.24) is 9.97 Å². The van der Waals surface area contributed by atoms with Gasteiger partial charge in [-0.2, -0.15) is 0 Å². The van der Waals surface area contributed by atoms with Crippen LogP contribution in [0.2, 0.25) is 0 Å². The van der Waals surface area contributed by atoms with Crippen molar-refractivity contribution >= 4 is 17.4 Å². The van der Waals surface area contributed by atoms with Crippen molar-refractivity contribution < 1.29 is 0 Å². The summed E-state index contributed by atoms with van der Waals surface area (Å²) < 4.78 is 0. The van der Waals surface area contributed by atoms with E-state index in [1.165, 1.54) is 12.8 Å². The summed E-state index contributed by atoms with van der Waals surface area (Å²) >= 11 is 5.78. The van der Waals surface area contributed by atoms with Gasteiger partial charge in [0, 0.05) is 18.8 Å². The van der Waals surface area contributed by atoms with Crippen molar-refractivity contribution in [3.8, 4) is 0 Å². The van der Waals surface area contributed by atoms with Gasteiger partial charge < -0.3 is 4.90 Å². The lowest BCUT2D eigenvalue weighted by atomic mass is 10.2. The summed E-state index contributed by atoms with van der Waals surface area (Å²) in [5.74, 6) is 2.05. The van der Waals surface area contributed by atoms with E-state index in [4.69, 9.17) is 11.6 Å². The third-order valence-corrected chi connectivity index (χ3v) is 2.93. The SMILES string of the molecule is CC(C)CN(c1cncc(CCl)n1)C1CC1. The van der Waals surface area contributed by atoms with Gasteiger partial charge in [0.1, 0.15) is 5.82 Å². The molecule has 0 aromatic carbocycles. The Morgan fingerprint density at radius 1 is 1.44 bits per heavy atom. The van der Waals surface area contributed by atoms with Crippen LogP contribution in [0.4, 0.5) is 5.82 Å². The first kappa shape index (κ1) is 11.6. The third kappa shape index (κ3) is 2.85. The summed E-state index contributed by atoms with van der Waals surface area (Å²) in [6.45, 7) is 5.51. The van der Waals surface area contributed by atoms with E-state index in [0.29, 0.717) is 17.8 Å². The molecule has 88 valence electrons. The van der Waals surface area contributed by atoms with Gasteiger partial charge in [0.25, 0.3) is 0 Å². The maximum atomic E-state index is 5.78. The van der Waals surface area contributed by atoms with Gasteiger partial charge in [-0.15, -0.1) is 11.6 Å². The number of nitrogens with zero attached hydrogens (tertiary/aromatic N) is 3. The zero-order valence-corrected chi connectivity index (χ0v) is 10.6. The van der Waals surface area contributed by atoms with Gasteiger partial charge >= 0.3 is 0 Å². The molecule has 0 amide bonds. The van der Waals surface area contributed by atoms with Gasteiger partial charge in [0.05, 0.1) is 17.8 Å². The van der Waals surface area contributed by atoms with Crippen molar-refractivity contribution in [2.45, 2.75) is 38.6 Å². The molecule has 0 unspecified atom stereocenters. The van der Waals surface area contributed by atoms with Crippen LogP contribution in [0.1, 0.15) is 32.4 Å². The molecule has 0 radical (unpaired) electrons. The smallest absolute Gasteiger partial charge is 0.147 e. The molecule has 0 N–H and O–H groups in total. The molecule has 1 aliphatic carbocycles. The third-order valence-electron chi connectivity index (χ3n) is 2.65. The fraction of sp³-hybridized carbons (Fsp3) is 0.667. The highest BCUT2D eigenvalue weighted by molar-refractivity contribution is 6.16. The van der Waals surface area contributed by atoms with Gasteiger partial charge in [-0.05, 0) is 18.8 Å². The second-order valence-corrected chi connectivity index (χ2v) is 5.05. The lowest BCUT2D eigenvalue weighted by Crippen LogP contribution is -2.30. The summed E-state index contributed by atoms with van der Waals surface area (Å²) in [5.41, 5.74) is 0.855. The van der Waals surface area contributed by atoms with Crippen LogP contribution >= 0.6 is 11.6 Å². The fourth-order valence-electron chi connectivity index (χ4n) is 1.81. The Hall–Kier alpha value is -0.830. The normalized spacial score (nSPS) is 15.5. The van der Waals surface area contributed by atoms with Crippen molar-refractivity contribution in [1.29, 1.82) is 0 Å². The molecule has 1 fully saturated rings. The number of alkyl halides is 1. The Morgan fingerprint density at radius 3 is 2.75 bits per heavy atom. The minimum Gasteiger partial charge on any atom is -0.352 e. The van der Waals surface area contributed by atoms with Crippen LogP contribution in [0.3, 0.4) is 0 Å². The van der Waals surface area contributed by atoms with Gasteiger partial charge in [0.15, 0.2) is 0 Å². The van der Waals surface area contributed by atoms with E-state index in [9.17, 15) is 0 Å². The van der Waals surface area contributed by atoms with Crippen LogP contribution in [-0.2, 0) is 5.88 Å². The first-order valence-electron chi connectivity index (χ1n) is 5.84. The molecule has 1 aliphatic rings. The largest absolute Gasteiger partial charge is 0.352 e. The molecule has 1 saturated carbocycles. The van der Waals surface area contributed by atoms with E-state index >= 15 is 0 Å². The van der Waals surface area contributed by atoms with Crippen molar-refractivity contribution in [3.05, 3.63) is 18.1 Å². The Morgan fingerprint density at radius 2 is 2.19 bits per heavy atom. The Balaban J connectivity index is 2.16. The van der Waals surface area contributed by atoms with Gasteiger partial charge in [-0.1, -0.05) is 13.8 Å². The molecule has 4 heteroatoms. The zero-order chi connectivity index (χ0) is 11.5. The quantitative estimate of drug-likeness (QED) is 0.740. The van der Waals surface area contributed by atoms with Gasteiger partial charge in [-0.3, -0.25) is 4.98 Å². The van der Waals surface area contributed by atoms with Gasteiger partial charge in [0.2, 0.25) is 0 Å². The summed E-state index contributed by atoms with van der Waals surface area (Å²) in [6.07, 6.45) is 6.13. The lowest BCUT2D eigenvalue weighted by molar-refractivity contribution is 0.601. The van der Waals surface area contributed by atoms with E-state index < -0.39 is 0 Å². The summed E-state index contributed by atoms with van der Waals surface area (Å²) in [6, 6.07) is 0.669. The first-order chi connectivity index (χ1) is 7.70. The van der Waals surface area contributed by atoms with Crippen molar-refractivity contribution in [2.75, 3.05) is 11.4 Å². The highest BCUT2D eigenvalue weighted by Gasteiger charge is 2.30. The van der Waals surface area contributed by atoms with E-state index in [2.05, 4.69) is 28.7 Å². The summed E-state index contributed by atoms with van der Waals surface area (Å²) in [4.78, 5) is 11.1. The molecule has 16 heavy (non-hydrogen) atoms. The van der Waals surface area contributed by atoms with Crippen LogP contribution in [0.5, 0.6) is 0 Å². The predicted molar refractivity (Wildman–Crippen MR) is 66.8 cm³/mol. The van der Waals surface area contributed by atoms with Gasteiger partial charge in [-0.25, -0.2) is 4.98 Å². The predicted octanol–water partition coefficient (Wildman–Crippen LogP) is 2.84.